The van der Waals surface area contributed by atoms with Crippen molar-refractivity contribution in [1.82, 2.24) is 4.31 Å². The van der Waals surface area contributed by atoms with E-state index < -0.39 is 39.9 Å². The molecule has 0 atom stereocenters. The lowest BCUT2D eigenvalue weighted by Crippen LogP contribution is -2.37. The number of hydrogen-bond donors (Lipinski definition) is 1. The number of halogens is 7. The molecule has 0 fully saturated rings. The lowest BCUT2D eigenvalue weighted by molar-refractivity contribution is -0.137. The van der Waals surface area contributed by atoms with Crippen LogP contribution in [0.4, 0.5) is 18.9 Å². The molecule has 3 aromatic carbocycles. The Kier molecular flexibility index (Phi) is 8.77. The van der Waals surface area contributed by atoms with E-state index in [0.29, 0.717) is 16.1 Å². The Morgan fingerprint density at radius 1 is 0.943 bits per heavy atom. The summed E-state index contributed by atoms with van der Waals surface area (Å²) in [5.74, 6) is -0.987. The third kappa shape index (κ3) is 7.12. The third-order valence-corrected chi connectivity index (χ3v) is 7.98. The molecule has 1 amide bonds. The summed E-state index contributed by atoms with van der Waals surface area (Å²) < 4.78 is 68.3. The first kappa shape index (κ1) is 27.8. The van der Waals surface area contributed by atoms with Crippen LogP contribution in [0.1, 0.15) is 11.1 Å². The number of benzene rings is 3. The molecule has 13 heteroatoms. The summed E-state index contributed by atoms with van der Waals surface area (Å²) in [4.78, 5) is 12.6. The molecular formula is C22H15BrCl3F3N2O3S. The van der Waals surface area contributed by atoms with Crippen LogP contribution in [0, 0.1) is 0 Å². The number of nitrogens with zero attached hydrogens (tertiary/aromatic N) is 1. The zero-order valence-corrected chi connectivity index (χ0v) is 22.1. The van der Waals surface area contributed by atoms with Crippen LogP contribution in [-0.4, -0.2) is 25.2 Å². The number of carbonyl (C=O) groups is 1. The van der Waals surface area contributed by atoms with Crippen molar-refractivity contribution in [1.29, 1.82) is 0 Å². The summed E-state index contributed by atoms with van der Waals surface area (Å²) in [7, 11) is -4.24. The second-order valence-corrected chi connectivity index (χ2v) is 11.3. The number of nitrogens with one attached hydrogen (secondary N) is 1. The van der Waals surface area contributed by atoms with E-state index in [-0.39, 0.29) is 26.5 Å². The minimum Gasteiger partial charge on any atom is -0.324 e. The first-order valence-corrected chi connectivity index (χ1v) is 13.0. The van der Waals surface area contributed by atoms with E-state index in [1.54, 1.807) is 0 Å². The highest BCUT2D eigenvalue weighted by Crippen LogP contribution is 2.36. The molecule has 0 bridgehead atoms. The van der Waals surface area contributed by atoms with Crippen molar-refractivity contribution in [3.05, 3.63) is 91.3 Å². The molecular weight excluding hydrogens is 616 g/mol. The standard InChI is InChI=1S/C22H15BrCl3F3N2O3S/c23-14-2-5-16(6-3-14)35(33,34)31(11-13-1-7-18(25)19(26)9-13)12-21(32)30-20-8-4-15(24)10-17(20)22(27,28)29/h1-10H,11-12H2,(H,30,32). The maximum absolute atomic E-state index is 13.4. The minimum atomic E-state index is -4.79. The number of hydrogen-bond acceptors (Lipinski definition) is 3. The van der Waals surface area contributed by atoms with E-state index in [0.717, 1.165) is 10.4 Å². The fourth-order valence-corrected chi connectivity index (χ4v) is 5.17. The SMILES string of the molecule is O=C(CN(Cc1ccc(Cl)c(Cl)c1)S(=O)(=O)c1ccc(Br)cc1)Nc1ccc(Cl)cc1C(F)(F)F. The maximum atomic E-state index is 13.4. The zero-order chi connectivity index (χ0) is 26.0. The van der Waals surface area contributed by atoms with E-state index in [9.17, 15) is 26.4 Å². The van der Waals surface area contributed by atoms with Crippen LogP contribution in [0.15, 0.2) is 70.0 Å². The molecule has 3 rings (SSSR count). The van der Waals surface area contributed by atoms with Crippen LogP contribution in [0.3, 0.4) is 0 Å². The monoisotopic (exact) mass is 628 g/mol. The highest BCUT2D eigenvalue weighted by atomic mass is 79.9. The van der Waals surface area contributed by atoms with Gasteiger partial charge in [0.15, 0.2) is 0 Å². The van der Waals surface area contributed by atoms with Crippen LogP contribution in [0.2, 0.25) is 15.1 Å². The summed E-state index contributed by atoms with van der Waals surface area (Å²) in [5, 5.41) is 2.38. The molecule has 0 radical (unpaired) electrons. The fourth-order valence-electron chi connectivity index (χ4n) is 3.03. The highest BCUT2D eigenvalue weighted by Gasteiger charge is 2.35. The molecule has 186 valence electrons. The predicted octanol–water partition coefficient (Wildman–Crippen LogP) is 7.26. The molecule has 3 aromatic rings. The third-order valence-electron chi connectivity index (χ3n) is 4.68. The molecule has 0 aliphatic heterocycles. The van der Waals surface area contributed by atoms with E-state index in [4.69, 9.17) is 34.8 Å². The van der Waals surface area contributed by atoms with E-state index in [1.165, 1.54) is 48.5 Å². The highest BCUT2D eigenvalue weighted by molar-refractivity contribution is 9.10. The molecule has 5 nitrogen and oxygen atoms in total. The molecule has 0 aliphatic rings. The van der Waals surface area contributed by atoms with Crippen molar-refractivity contribution >= 4 is 72.4 Å². The molecule has 0 aliphatic carbocycles. The minimum absolute atomic E-state index is 0.115. The fraction of sp³-hybridized carbons (Fsp3) is 0.136. The molecule has 0 heterocycles. The van der Waals surface area contributed by atoms with Gasteiger partial charge in [-0.05, 0) is 60.2 Å². The van der Waals surface area contributed by atoms with Gasteiger partial charge in [0.25, 0.3) is 0 Å². The smallest absolute Gasteiger partial charge is 0.324 e. The molecule has 0 saturated heterocycles. The molecule has 0 saturated carbocycles. The molecule has 0 unspecified atom stereocenters. The largest absolute Gasteiger partial charge is 0.418 e. The summed E-state index contributed by atoms with van der Waals surface area (Å²) in [6.07, 6.45) is -4.79. The van der Waals surface area contributed by atoms with Gasteiger partial charge in [-0.2, -0.15) is 17.5 Å². The lowest BCUT2D eigenvalue weighted by atomic mass is 10.1. The second kappa shape index (κ2) is 11.1. The first-order valence-electron chi connectivity index (χ1n) is 9.63. The van der Waals surface area contributed by atoms with Crippen molar-refractivity contribution in [2.75, 3.05) is 11.9 Å². The number of alkyl halides is 3. The van der Waals surface area contributed by atoms with Gasteiger partial charge in [0.05, 0.1) is 32.7 Å². The Bertz CT molecular complexity index is 1350. The Morgan fingerprint density at radius 2 is 1.60 bits per heavy atom. The number of carbonyl (C=O) groups excluding carboxylic acids is 1. The quantitative estimate of drug-likeness (QED) is 0.299. The Balaban J connectivity index is 1.94. The van der Waals surface area contributed by atoms with Gasteiger partial charge < -0.3 is 5.32 Å². The van der Waals surface area contributed by atoms with Gasteiger partial charge in [0.1, 0.15) is 0 Å². The number of amides is 1. The number of anilines is 1. The molecule has 35 heavy (non-hydrogen) atoms. The summed E-state index contributed by atoms with van der Waals surface area (Å²) in [6, 6.07) is 13.0. The van der Waals surface area contributed by atoms with Gasteiger partial charge in [-0.15, -0.1) is 0 Å². The number of sulfonamides is 1. The normalized spacial score (nSPS) is 12.1. The first-order chi connectivity index (χ1) is 16.3. The Morgan fingerprint density at radius 3 is 2.20 bits per heavy atom. The average Bonchev–Trinajstić information content (AvgIpc) is 2.76. The van der Waals surface area contributed by atoms with Gasteiger partial charge >= 0.3 is 6.18 Å². The molecule has 1 N–H and O–H groups in total. The second-order valence-electron chi connectivity index (χ2n) is 7.21. The van der Waals surface area contributed by atoms with Crippen LogP contribution in [0.5, 0.6) is 0 Å². The maximum Gasteiger partial charge on any atom is 0.418 e. The summed E-state index contributed by atoms with van der Waals surface area (Å²) in [5.41, 5.74) is -1.30. The van der Waals surface area contributed by atoms with Crippen molar-refractivity contribution in [2.24, 2.45) is 0 Å². The van der Waals surface area contributed by atoms with Gasteiger partial charge in [0, 0.05) is 16.0 Å². The van der Waals surface area contributed by atoms with Crippen molar-refractivity contribution < 1.29 is 26.4 Å². The Labute approximate surface area is 223 Å². The average molecular weight is 631 g/mol. The predicted molar refractivity (Wildman–Crippen MR) is 133 cm³/mol. The van der Waals surface area contributed by atoms with Crippen molar-refractivity contribution in [3.63, 3.8) is 0 Å². The van der Waals surface area contributed by atoms with Crippen molar-refractivity contribution in [3.8, 4) is 0 Å². The van der Waals surface area contributed by atoms with Crippen molar-refractivity contribution in [2.45, 2.75) is 17.6 Å². The Hall–Kier alpha value is -1.82. The van der Waals surface area contributed by atoms with Crippen LogP contribution in [-0.2, 0) is 27.5 Å². The zero-order valence-electron chi connectivity index (χ0n) is 17.4. The van der Waals surface area contributed by atoms with Crippen LogP contribution < -0.4 is 5.32 Å². The van der Waals surface area contributed by atoms with E-state index in [2.05, 4.69) is 21.2 Å². The molecule has 0 aromatic heterocycles. The van der Waals surface area contributed by atoms with Gasteiger partial charge in [-0.1, -0.05) is 56.8 Å². The van der Waals surface area contributed by atoms with Crippen LogP contribution in [0.25, 0.3) is 0 Å². The summed E-state index contributed by atoms with van der Waals surface area (Å²) >= 11 is 20.8. The molecule has 0 spiro atoms. The lowest BCUT2D eigenvalue weighted by Gasteiger charge is -2.23. The topological polar surface area (TPSA) is 66.5 Å². The summed E-state index contributed by atoms with van der Waals surface area (Å²) in [6.45, 7) is -1.08. The number of rotatable bonds is 7. The van der Waals surface area contributed by atoms with E-state index in [1.807, 2.05) is 0 Å². The van der Waals surface area contributed by atoms with E-state index >= 15 is 0 Å². The van der Waals surface area contributed by atoms with Gasteiger partial charge in [-0.3, -0.25) is 4.79 Å². The van der Waals surface area contributed by atoms with Gasteiger partial charge in [-0.25, -0.2) is 8.42 Å². The van der Waals surface area contributed by atoms with Gasteiger partial charge in [0.2, 0.25) is 15.9 Å². The van der Waals surface area contributed by atoms with Crippen LogP contribution >= 0.6 is 50.7 Å².